The summed E-state index contributed by atoms with van der Waals surface area (Å²) in [6, 6.07) is 5.82. The highest BCUT2D eigenvalue weighted by atomic mass is 32.1. The first kappa shape index (κ1) is 20.2. The van der Waals surface area contributed by atoms with Gasteiger partial charge < -0.3 is 5.32 Å². The summed E-state index contributed by atoms with van der Waals surface area (Å²) in [6.07, 6.45) is 5.80. The van der Waals surface area contributed by atoms with Crippen molar-refractivity contribution in [1.82, 2.24) is 14.9 Å². The summed E-state index contributed by atoms with van der Waals surface area (Å²) in [6.45, 7) is 2.01. The van der Waals surface area contributed by atoms with Gasteiger partial charge in [-0.15, -0.1) is 11.3 Å². The van der Waals surface area contributed by atoms with E-state index in [-0.39, 0.29) is 36.2 Å². The van der Waals surface area contributed by atoms with Crippen LogP contribution in [0.1, 0.15) is 48.2 Å². The third-order valence-corrected chi connectivity index (χ3v) is 6.68. The Morgan fingerprint density at radius 3 is 2.97 bits per heavy atom. The van der Waals surface area contributed by atoms with Gasteiger partial charge in [-0.05, 0) is 43.7 Å². The Labute approximate surface area is 176 Å². The minimum atomic E-state index is -0.462. The maximum absolute atomic E-state index is 13.0. The van der Waals surface area contributed by atoms with Crippen molar-refractivity contribution in [3.8, 4) is 0 Å². The van der Waals surface area contributed by atoms with Gasteiger partial charge in [-0.3, -0.25) is 24.3 Å². The fraction of sp³-hybridized carbons (Fsp3) is 0.381. The van der Waals surface area contributed by atoms with E-state index in [1.54, 1.807) is 30.4 Å². The molecule has 8 nitrogen and oxygen atoms in total. The summed E-state index contributed by atoms with van der Waals surface area (Å²) in [5.74, 6) is -0.228. The van der Waals surface area contributed by atoms with Crippen LogP contribution in [-0.2, 0) is 24.2 Å². The number of non-ortho nitro benzene ring substituents is 1. The van der Waals surface area contributed by atoms with Crippen LogP contribution in [0.25, 0.3) is 10.2 Å². The normalized spacial score (nSPS) is 14.3. The fourth-order valence-corrected chi connectivity index (χ4v) is 5.09. The minimum Gasteiger partial charge on any atom is -0.350 e. The molecule has 0 spiro atoms. The maximum Gasteiger partial charge on any atom is 0.269 e. The van der Waals surface area contributed by atoms with Gasteiger partial charge in [0.25, 0.3) is 11.2 Å². The van der Waals surface area contributed by atoms with Crippen molar-refractivity contribution < 1.29 is 9.72 Å². The highest BCUT2D eigenvalue weighted by Crippen LogP contribution is 2.33. The Bertz CT molecular complexity index is 1180. The lowest BCUT2D eigenvalue weighted by molar-refractivity contribution is -0.384. The Morgan fingerprint density at radius 2 is 2.17 bits per heavy atom. The number of nitrogens with zero attached hydrogens (tertiary/aromatic N) is 3. The molecule has 1 amide bonds. The van der Waals surface area contributed by atoms with Crippen LogP contribution >= 0.6 is 11.3 Å². The summed E-state index contributed by atoms with van der Waals surface area (Å²) >= 11 is 1.60. The van der Waals surface area contributed by atoms with Crippen LogP contribution in [0.2, 0.25) is 0 Å². The van der Waals surface area contributed by atoms with Crippen molar-refractivity contribution in [3.05, 3.63) is 67.1 Å². The summed E-state index contributed by atoms with van der Waals surface area (Å²) in [5.41, 5.74) is 1.69. The lowest BCUT2D eigenvalue weighted by atomic mass is 9.97. The van der Waals surface area contributed by atoms with Gasteiger partial charge >= 0.3 is 0 Å². The molecular weight excluding hydrogens is 404 g/mol. The smallest absolute Gasteiger partial charge is 0.269 e. The van der Waals surface area contributed by atoms with E-state index < -0.39 is 4.92 Å². The van der Waals surface area contributed by atoms with Crippen molar-refractivity contribution in [3.63, 3.8) is 0 Å². The average molecular weight is 426 g/mol. The number of carbonyl (C=O) groups is 1. The second-order valence-corrected chi connectivity index (χ2v) is 8.61. The predicted octanol–water partition coefficient (Wildman–Crippen LogP) is 3.51. The summed E-state index contributed by atoms with van der Waals surface area (Å²) < 4.78 is 1.50. The largest absolute Gasteiger partial charge is 0.350 e. The Morgan fingerprint density at radius 1 is 1.37 bits per heavy atom. The number of hydrogen-bond acceptors (Lipinski definition) is 6. The van der Waals surface area contributed by atoms with Crippen LogP contribution in [0.4, 0.5) is 5.69 Å². The molecule has 3 aromatic rings. The summed E-state index contributed by atoms with van der Waals surface area (Å²) in [4.78, 5) is 42.3. The molecule has 156 valence electrons. The van der Waals surface area contributed by atoms with Gasteiger partial charge in [-0.1, -0.05) is 12.1 Å². The number of carbonyl (C=O) groups excluding carboxylic acids is 1. The number of benzene rings is 1. The number of nitro benzene ring substituents is 1. The molecule has 9 heteroatoms. The van der Waals surface area contributed by atoms with E-state index >= 15 is 0 Å². The van der Waals surface area contributed by atoms with Crippen molar-refractivity contribution >= 4 is 33.1 Å². The van der Waals surface area contributed by atoms with Crippen molar-refractivity contribution in [1.29, 1.82) is 0 Å². The molecule has 0 saturated carbocycles. The maximum atomic E-state index is 13.0. The third kappa shape index (κ3) is 3.97. The molecule has 2 heterocycles. The number of nitrogens with one attached hydrogen (secondary N) is 1. The number of aryl methyl sites for hydroxylation is 3. The Kier molecular flexibility index (Phi) is 5.63. The first-order valence-corrected chi connectivity index (χ1v) is 10.8. The van der Waals surface area contributed by atoms with Crippen LogP contribution in [0, 0.1) is 10.1 Å². The number of amides is 1. The first-order valence-electron chi connectivity index (χ1n) is 9.97. The molecule has 0 bridgehead atoms. The molecule has 4 rings (SSSR count). The zero-order valence-electron chi connectivity index (χ0n) is 16.6. The molecule has 0 fully saturated rings. The molecule has 1 unspecified atom stereocenters. The lowest BCUT2D eigenvalue weighted by Gasteiger charge is -2.14. The number of hydrogen-bond donors (Lipinski definition) is 1. The van der Waals surface area contributed by atoms with Crippen molar-refractivity contribution in [2.24, 2.45) is 0 Å². The molecule has 2 aromatic heterocycles. The summed E-state index contributed by atoms with van der Waals surface area (Å²) in [5, 5.41) is 14.5. The van der Waals surface area contributed by atoms with E-state index in [2.05, 4.69) is 10.3 Å². The van der Waals surface area contributed by atoms with E-state index in [1.807, 2.05) is 0 Å². The van der Waals surface area contributed by atoms with Gasteiger partial charge in [0, 0.05) is 30.0 Å². The number of aromatic nitrogens is 2. The van der Waals surface area contributed by atoms with E-state index in [0.29, 0.717) is 10.9 Å². The molecule has 1 atom stereocenters. The average Bonchev–Trinajstić information content (AvgIpc) is 3.12. The Balaban J connectivity index is 1.44. The molecule has 1 aromatic carbocycles. The van der Waals surface area contributed by atoms with Crippen molar-refractivity contribution in [2.45, 2.75) is 51.6 Å². The van der Waals surface area contributed by atoms with E-state index in [4.69, 9.17) is 0 Å². The standard InChI is InChI=1S/C21H22N4O4S/c1-13(14-5-4-6-15(11-14)25(28)29)23-18(26)9-10-24-12-22-20-19(21(24)27)16-7-2-3-8-17(16)30-20/h4-6,11-13H,2-3,7-10H2,1H3,(H,23,26). The molecule has 1 aliphatic carbocycles. The van der Waals surface area contributed by atoms with Gasteiger partial charge in [-0.2, -0.15) is 0 Å². The highest BCUT2D eigenvalue weighted by Gasteiger charge is 2.20. The van der Waals surface area contributed by atoms with Gasteiger partial charge in [0.2, 0.25) is 5.91 Å². The SMILES string of the molecule is CC(NC(=O)CCn1cnc2sc3c(c2c1=O)CCCC3)c1cccc([N+](=O)[O-])c1. The minimum absolute atomic E-state index is 0.0152. The molecule has 30 heavy (non-hydrogen) atoms. The Hall–Kier alpha value is -3.07. The van der Waals surface area contributed by atoms with E-state index in [9.17, 15) is 19.7 Å². The molecule has 0 radical (unpaired) electrons. The van der Waals surface area contributed by atoms with Crippen LogP contribution in [0.5, 0.6) is 0 Å². The number of rotatable bonds is 6. The third-order valence-electron chi connectivity index (χ3n) is 5.48. The van der Waals surface area contributed by atoms with Crippen molar-refractivity contribution in [2.75, 3.05) is 0 Å². The van der Waals surface area contributed by atoms with Gasteiger partial charge in [0.1, 0.15) is 4.83 Å². The number of nitro groups is 1. The number of thiophene rings is 1. The van der Waals surface area contributed by atoms with E-state index in [0.717, 1.165) is 36.1 Å². The van der Waals surface area contributed by atoms with Crippen LogP contribution in [0.3, 0.4) is 0 Å². The number of fused-ring (bicyclic) bond motifs is 3. The second-order valence-electron chi connectivity index (χ2n) is 7.53. The topological polar surface area (TPSA) is 107 Å². The zero-order valence-corrected chi connectivity index (χ0v) is 17.4. The predicted molar refractivity (Wildman–Crippen MR) is 115 cm³/mol. The molecular formula is C21H22N4O4S. The summed E-state index contributed by atoms with van der Waals surface area (Å²) in [7, 11) is 0. The zero-order chi connectivity index (χ0) is 21.3. The lowest BCUT2D eigenvalue weighted by Crippen LogP contribution is -2.29. The van der Waals surface area contributed by atoms with Gasteiger partial charge in [-0.25, -0.2) is 4.98 Å². The van der Waals surface area contributed by atoms with E-state index in [1.165, 1.54) is 27.9 Å². The molecule has 1 aliphatic rings. The van der Waals surface area contributed by atoms with Crippen LogP contribution in [-0.4, -0.2) is 20.4 Å². The highest BCUT2D eigenvalue weighted by molar-refractivity contribution is 7.18. The van der Waals surface area contributed by atoms with Gasteiger partial charge in [0.05, 0.1) is 22.7 Å². The molecule has 1 N–H and O–H groups in total. The molecule has 0 aliphatic heterocycles. The monoisotopic (exact) mass is 426 g/mol. The van der Waals surface area contributed by atoms with Crippen LogP contribution in [0.15, 0.2) is 35.4 Å². The second kappa shape index (κ2) is 8.35. The van der Waals surface area contributed by atoms with Crippen LogP contribution < -0.4 is 10.9 Å². The van der Waals surface area contributed by atoms with Gasteiger partial charge in [0.15, 0.2) is 0 Å². The quantitative estimate of drug-likeness (QED) is 0.479. The first-order chi connectivity index (χ1) is 14.4. The molecule has 0 saturated heterocycles. The fourth-order valence-electron chi connectivity index (χ4n) is 3.87.